The van der Waals surface area contributed by atoms with Gasteiger partial charge in [-0.2, -0.15) is 5.10 Å². The van der Waals surface area contributed by atoms with Crippen molar-refractivity contribution < 1.29 is 4.79 Å². The van der Waals surface area contributed by atoms with Gasteiger partial charge in [-0.1, -0.05) is 11.6 Å². The van der Waals surface area contributed by atoms with E-state index in [9.17, 15) is 4.79 Å². The number of amides is 1. The first-order chi connectivity index (χ1) is 7.00. The van der Waals surface area contributed by atoms with Gasteiger partial charge in [0.05, 0.1) is 5.69 Å². The van der Waals surface area contributed by atoms with Gasteiger partial charge in [0, 0.05) is 12.7 Å². The summed E-state index contributed by atoms with van der Waals surface area (Å²) in [5.74, 6) is -0.589. The highest BCUT2D eigenvalue weighted by molar-refractivity contribution is 5.95. The third-order valence-electron chi connectivity index (χ3n) is 1.93. The highest BCUT2D eigenvalue weighted by Gasteiger charge is 2.10. The predicted molar refractivity (Wildman–Crippen MR) is 59.2 cm³/mol. The fourth-order valence-electron chi connectivity index (χ4n) is 1.23. The number of carbonyl (C=O) groups excluding carboxylic acids is 1. The molecule has 0 aliphatic carbocycles. The molecule has 0 aliphatic heterocycles. The van der Waals surface area contributed by atoms with Crippen molar-refractivity contribution in [2.75, 3.05) is 5.73 Å². The summed E-state index contributed by atoms with van der Waals surface area (Å²) in [5.41, 5.74) is 12.4. The number of nitrogens with two attached hydrogens (primary N) is 2. The molecule has 0 spiro atoms. The van der Waals surface area contributed by atoms with Crippen LogP contribution in [-0.2, 0) is 6.54 Å². The Kier molecular flexibility index (Phi) is 3.49. The Hall–Kier alpha value is -1.78. The minimum atomic E-state index is -0.589. The van der Waals surface area contributed by atoms with E-state index in [4.69, 9.17) is 11.5 Å². The maximum absolute atomic E-state index is 10.9. The molecule has 0 aromatic carbocycles. The number of hydrogen-bond acceptors (Lipinski definition) is 3. The third kappa shape index (κ3) is 3.12. The lowest BCUT2D eigenvalue weighted by molar-refractivity contribution is 0.0995. The van der Waals surface area contributed by atoms with E-state index in [1.807, 2.05) is 13.8 Å². The number of primary amides is 1. The summed E-state index contributed by atoms with van der Waals surface area (Å²) >= 11 is 0. The number of allylic oxidation sites excluding steroid dienone is 2. The van der Waals surface area contributed by atoms with Gasteiger partial charge in [-0.3, -0.25) is 9.48 Å². The molecule has 0 bridgehead atoms. The van der Waals surface area contributed by atoms with Gasteiger partial charge in [0.25, 0.3) is 5.91 Å². The van der Waals surface area contributed by atoms with Crippen molar-refractivity contribution in [3.8, 4) is 0 Å². The number of rotatable bonds is 4. The maximum atomic E-state index is 10.9. The number of aryl methyl sites for hydroxylation is 1. The summed E-state index contributed by atoms with van der Waals surface area (Å²) in [6.07, 6.45) is 4.59. The van der Waals surface area contributed by atoms with Crippen molar-refractivity contribution in [2.45, 2.75) is 26.8 Å². The molecule has 1 rings (SSSR count). The Morgan fingerprint density at radius 3 is 2.73 bits per heavy atom. The first-order valence-corrected chi connectivity index (χ1v) is 4.77. The SMILES string of the molecule is CC(C)=CCCn1cc(N)c(C(N)=O)n1. The van der Waals surface area contributed by atoms with Crippen molar-refractivity contribution in [2.24, 2.45) is 5.73 Å². The van der Waals surface area contributed by atoms with Crippen LogP contribution < -0.4 is 11.5 Å². The van der Waals surface area contributed by atoms with Crippen LogP contribution in [0.5, 0.6) is 0 Å². The zero-order valence-electron chi connectivity index (χ0n) is 9.03. The van der Waals surface area contributed by atoms with Crippen molar-refractivity contribution >= 4 is 11.6 Å². The van der Waals surface area contributed by atoms with Gasteiger partial charge in [-0.25, -0.2) is 0 Å². The van der Waals surface area contributed by atoms with Crippen LogP contribution in [0.2, 0.25) is 0 Å². The number of anilines is 1. The molecule has 15 heavy (non-hydrogen) atoms. The van der Waals surface area contributed by atoms with Crippen LogP contribution in [0.25, 0.3) is 0 Å². The molecule has 0 saturated heterocycles. The van der Waals surface area contributed by atoms with Crippen LogP contribution in [0, 0.1) is 0 Å². The molecule has 5 heteroatoms. The zero-order chi connectivity index (χ0) is 11.4. The molecule has 0 atom stereocenters. The first-order valence-electron chi connectivity index (χ1n) is 4.77. The van der Waals surface area contributed by atoms with E-state index in [0.717, 1.165) is 6.42 Å². The van der Waals surface area contributed by atoms with Crippen LogP contribution in [0.15, 0.2) is 17.8 Å². The Bertz CT molecular complexity index is 388. The van der Waals surface area contributed by atoms with Gasteiger partial charge in [-0.15, -0.1) is 0 Å². The van der Waals surface area contributed by atoms with Crippen molar-refractivity contribution in [1.82, 2.24) is 9.78 Å². The lowest BCUT2D eigenvalue weighted by atomic mass is 10.3. The monoisotopic (exact) mass is 208 g/mol. The van der Waals surface area contributed by atoms with E-state index in [2.05, 4.69) is 11.2 Å². The van der Waals surface area contributed by atoms with E-state index in [1.165, 1.54) is 5.57 Å². The standard InChI is InChI=1S/C10H16N4O/c1-7(2)4-3-5-14-6-8(11)9(13-14)10(12)15/h4,6H,3,5,11H2,1-2H3,(H2,12,15). The molecule has 1 aromatic heterocycles. The second-order valence-corrected chi connectivity index (χ2v) is 3.63. The number of aromatic nitrogens is 2. The number of nitrogens with zero attached hydrogens (tertiary/aromatic N) is 2. The van der Waals surface area contributed by atoms with E-state index in [-0.39, 0.29) is 5.69 Å². The lowest BCUT2D eigenvalue weighted by Crippen LogP contribution is -2.14. The van der Waals surface area contributed by atoms with Crippen LogP contribution in [-0.4, -0.2) is 15.7 Å². The Morgan fingerprint density at radius 1 is 1.60 bits per heavy atom. The number of hydrogen-bond donors (Lipinski definition) is 2. The summed E-state index contributed by atoms with van der Waals surface area (Å²) in [6.45, 7) is 4.77. The van der Waals surface area contributed by atoms with Gasteiger partial charge in [-0.05, 0) is 20.3 Å². The molecule has 5 nitrogen and oxygen atoms in total. The summed E-state index contributed by atoms with van der Waals surface area (Å²) in [6, 6.07) is 0. The Morgan fingerprint density at radius 2 is 2.27 bits per heavy atom. The van der Waals surface area contributed by atoms with Crippen LogP contribution in [0.4, 0.5) is 5.69 Å². The van der Waals surface area contributed by atoms with Crippen molar-refractivity contribution in [3.05, 3.63) is 23.5 Å². The van der Waals surface area contributed by atoms with E-state index in [1.54, 1.807) is 10.9 Å². The van der Waals surface area contributed by atoms with Crippen molar-refractivity contribution in [1.29, 1.82) is 0 Å². The van der Waals surface area contributed by atoms with Gasteiger partial charge in [0.2, 0.25) is 0 Å². The summed E-state index contributed by atoms with van der Waals surface area (Å²) < 4.78 is 1.63. The third-order valence-corrected chi connectivity index (χ3v) is 1.93. The molecule has 0 saturated carbocycles. The average molecular weight is 208 g/mol. The van der Waals surface area contributed by atoms with Gasteiger partial charge >= 0.3 is 0 Å². The van der Waals surface area contributed by atoms with Crippen molar-refractivity contribution in [3.63, 3.8) is 0 Å². The molecule has 0 aliphatic rings. The van der Waals surface area contributed by atoms with Crippen LogP contribution in [0.3, 0.4) is 0 Å². The Balaban J connectivity index is 2.68. The quantitative estimate of drug-likeness (QED) is 0.721. The molecule has 0 unspecified atom stereocenters. The molecular formula is C10H16N4O. The molecule has 0 fully saturated rings. The first kappa shape index (κ1) is 11.3. The average Bonchev–Trinajstić information content (AvgIpc) is 2.46. The molecule has 1 aromatic rings. The van der Waals surface area contributed by atoms with Crippen LogP contribution >= 0.6 is 0 Å². The molecular weight excluding hydrogens is 192 g/mol. The molecule has 1 heterocycles. The molecule has 4 N–H and O–H groups in total. The van der Waals surface area contributed by atoms with Crippen LogP contribution in [0.1, 0.15) is 30.8 Å². The lowest BCUT2D eigenvalue weighted by Gasteiger charge is -1.97. The molecule has 82 valence electrons. The largest absolute Gasteiger partial charge is 0.396 e. The maximum Gasteiger partial charge on any atom is 0.271 e. The highest BCUT2D eigenvalue weighted by Crippen LogP contribution is 2.08. The zero-order valence-corrected chi connectivity index (χ0v) is 9.03. The fraction of sp³-hybridized carbons (Fsp3) is 0.400. The number of nitrogen functional groups attached to an aromatic ring is 1. The normalized spacial score (nSPS) is 10.0. The van der Waals surface area contributed by atoms with E-state index >= 15 is 0 Å². The summed E-state index contributed by atoms with van der Waals surface area (Å²) in [7, 11) is 0. The smallest absolute Gasteiger partial charge is 0.271 e. The highest BCUT2D eigenvalue weighted by atomic mass is 16.1. The second-order valence-electron chi connectivity index (χ2n) is 3.63. The number of carbonyl (C=O) groups is 1. The predicted octanol–water partition coefficient (Wildman–Crippen LogP) is 0.921. The molecule has 0 radical (unpaired) electrons. The molecule has 1 amide bonds. The summed E-state index contributed by atoms with van der Waals surface area (Å²) in [4.78, 5) is 10.9. The summed E-state index contributed by atoms with van der Waals surface area (Å²) in [5, 5.41) is 3.99. The second kappa shape index (κ2) is 4.63. The topological polar surface area (TPSA) is 86.9 Å². The minimum absolute atomic E-state index is 0.146. The van der Waals surface area contributed by atoms with Gasteiger partial charge in [0.1, 0.15) is 0 Å². The Labute approximate surface area is 88.7 Å². The van der Waals surface area contributed by atoms with E-state index < -0.39 is 5.91 Å². The fourth-order valence-corrected chi connectivity index (χ4v) is 1.23. The minimum Gasteiger partial charge on any atom is -0.396 e. The van der Waals surface area contributed by atoms with Gasteiger partial charge in [0.15, 0.2) is 5.69 Å². The van der Waals surface area contributed by atoms with Gasteiger partial charge < -0.3 is 11.5 Å². The van der Waals surface area contributed by atoms with E-state index in [0.29, 0.717) is 12.2 Å².